The van der Waals surface area contributed by atoms with Gasteiger partial charge in [0, 0.05) is 5.69 Å². The van der Waals surface area contributed by atoms with E-state index in [0.29, 0.717) is 34.0 Å². The number of ether oxygens (including phenoxy) is 2. The lowest BCUT2D eigenvalue weighted by Gasteiger charge is -2.22. The number of para-hydroxylation sites is 1. The fourth-order valence-electron chi connectivity index (χ4n) is 3.13. The summed E-state index contributed by atoms with van der Waals surface area (Å²) >= 11 is 0. The monoisotopic (exact) mass is 468 g/mol. The van der Waals surface area contributed by atoms with Crippen LogP contribution >= 0.6 is 0 Å². The van der Waals surface area contributed by atoms with Gasteiger partial charge in [-0.1, -0.05) is 24.3 Å². The molecule has 3 rings (SSSR count). The van der Waals surface area contributed by atoms with Crippen molar-refractivity contribution in [3.8, 4) is 11.5 Å². The lowest BCUT2D eigenvalue weighted by Crippen LogP contribution is -2.37. The molecule has 172 valence electrons. The highest BCUT2D eigenvalue weighted by molar-refractivity contribution is 7.92. The predicted molar refractivity (Wildman–Crippen MR) is 126 cm³/mol. The van der Waals surface area contributed by atoms with Crippen LogP contribution in [-0.4, -0.2) is 40.2 Å². The zero-order valence-electron chi connectivity index (χ0n) is 18.4. The largest absolute Gasteiger partial charge is 0.465 e. The van der Waals surface area contributed by atoms with Crippen LogP contribution in [-0.2, 0) is 19.6 Å². The lowest BCUT2D eigenvalue weighted by atomic mass is 10.1. The number of benzene rings is 3. The maximum atomic E-state index is 12.7. The maximum Gasteiger partial charge on any atom is 0.338 e. The predicted octanol–water partition coefficient (Wildman–Crippen LogP) is 3.98. The van der Waals surface area contributed by atoms with Gasteiger partial charge in [0.2, 0.25) is 15.9 Å². The van der Waals surface area contributed by atoms with E-state index in [1.54, 1.807) is 61.5 Å². The fourth-order valence-corrected chi connectivity index (χ4v) is 3.98. The summed E-state index contributed by atoms with van der Waals surface area (Å²) < 4.78 is 36.3. The molecule has 0 aliphatic carbocycles. The number of hydrogen-bond donors (Lipinski definition) is 1. The summed E-state index contributed by atoms with van der Waals surface area (Å²) in [4.78, 5) is 24.6. The quantitative estimate of drug-likeness (QED) is 0.502. The molecule has 0 atom stereocenters. The molecule has 8 nitrogen and oxygen atoms in total. The van der Waals surface area contributed by atoms with Gasteiger partial charge in [-0.15, -0.1) is 0 Å². The van der Waals surface area contributed by atoms with Crippen molar-refractivity contribution in [2.45, 2.75) is 6.92 Å². The van der Waals surface area contributed by atoms with Crippen molar-refractivity contribution in [3.05, 3.63) is 83.9 Å². The molecule has 9 heteroatoms. The average molecular weight is 469 g/mol. The number of amides is 1. The van der Waals surface area contributed by atoms with E-state index in [-0.39, 0.29) is 0 Å². The number of hydrogen-bond acceptors (Lipinski definition) is 6. The summed E-state index contributed by atoms with van der Waals surface area (Å²) in [6, 6.07) is 20.4. The average Bonchev–Trinajstić information content (AvgIpc) is 2.79. The summed E-state index contributed by atoms with van der Waals surface area (Å²) in [5.41, 5.74) is 1.53. The van der Waals surface area contributed by atoms with Crippen LogP contribution in [0.25, 0.3) is 0 Å². The molecule has 1 N–H and O–H groups in total. The number of sulfonamides is 1. The third-order valence-electron chi connectivity index (χ3n) is 4.80. The van der Waals surface area contributed by atoms with E-state index in [1.807, 2.05) is 18.2 Å². The SMILES string of the molecule is COC(=O)c1cccc(NC(=O)CN(c2ccc(Oc3ccccc3)cc2)S(C)(=O)=O)c1C. The van der Waals surface area contributed by atoms with E-state index in [9.17, 15) is 18.0 Å². The number of carbonyl (C=O) groups is 2. The van der Waals surface area contributed by atoms with Gasteiger partial charge in [-0.25, -0.2) is 13.2 Å². The molecule has 0 fully saturated rings. The zero-order chi connectivity index (χ0) is 24.0. The molecular weight excluding hydrogens is 444 g/mol. The highest BCUT2D eigenvalue weighted by Gasteiger charge is 2.22. The van der Waals surface area contributed by atoms with Gasteiger partial charge in [0.15, 0.2) is 0 Å². The Balaban J connectivity index is 1.77. The van der Waals surface area contributed by atoms with Crippen molar-refractivity contribution < 1.29 is 27.5 Å². The van der Waals surface area contributed by atoms with E-state index < -0.39 is 28.4 Å². The van der Waals surface area contributed by atoms with Gasteiger partial charge >= 0.3 is 5.97 Å². The van der Waals surface area contributed by atoms with Gasteiger partial charge < -0.3 is 14.8 Å². The summed E-state index contributed by atoms with van der Waals surface area (Å²) in [5.74, 6) is 0.0848. The summed E-state index contributed by atoms with van der Waals surface area (Å²) in [5, 5.41) is 2.67. The molecule has 0 radical (unpaired) electrons. The molecule has 0 spiro atoms. The fraction of sp³-hybridized carbons (Fsp3) is 0.167. The zero-order valence-corrected chi connectivity index (χ0v) is 19.3. The molecule has 0 bridgehead atoms. The van der Waals surface area contributed by atoms with Crippen LogP contribution in [0.2, 0.25) is 0 Å². The van der Waals surface area contributed by atoms with Crippen molar-refractivity contribution in [2.24, 2.45) is 0 Å². The van der Waals surface area contributed by atoms with Gasteiger partial charge in [0.1, 0.15) is 18.0 Å². The van der Waals surface area contributed by atoms with E-state index in [2.05, 4.69) is 5.32 Å². The molecular formula is C24H24N2O6S. The number of rotatable bonds is 8. The van der Waals surface area contributed by atoms with Crippen molar-refractivity contribution in [1.82, 2.24) is 0 Å². The molecule has 0 aromatic heterocycles. The van der Waals surface area contributed by atoms with Crippen molar-refractivity contribution in [1.29, 1.82) is 0 Å². The molecule has 0 saturated heterocycles. The number of esters is 1. The highest BCUT2D eigenvalue weighted by Crippen LogP contribution is 2.26. The Labute approximate surface area is 192 Å². The number of anilines is 2. The molecule has 3 aromatic carbocycles. The van der Waals surface area contributed by atoms with Gasteiger partial charge in [0.05, 0.1) is 24.6 Å². The van der Waals surface area contributed by atoms with Crippen LogP contribution in [0.4, 0.5) is 11.4 Å². The van der Waals surface area contributed by atoms with Gasteiger partial charge in [0.25, 0.3) is 0 Å². The topological polar surface area (TPSA) is 102 Å². The maximum absolute atomic E-state index is 12.7. The Morgan fingerprint density at radius 1 is 0.909 bits per heavy atom. The van der Waals surface area contributed by atoms with Crippen LogP contribution in [0.3, 0.4) is 0 Å². The minimum atomic E-state index is -3.76. The summed E-state index contributed by atoms with van der Waals surface area (Å²) in [6.07, 6.45) is 1.03. The van der Waals surface area contributed by atoms with E-state index in [1.165, 1.54) is 7.11 Å². The smallest absolute Gasteiger partial charge is 0.338 e. The Hall–Kier alpha value is -3.85. The Kier molecular flexibility index (Phi) is 7.34. The molecule has 0 heterocycles. The summed E-state index contributed by atoms with van der Waals surface area (Å²) in [6.45, 7) is 1.22. The van der Waals surface area contributed by atoms with Crippen LogP contribution in [0.1, 0.15) is 15.9 Å². The Morgan fingerprint density at radius 2 is 1.55 bits per heavy atom. The minimum Gasteiger partial charge on any atom is -0.465 e. The van der Waals surface area contributed by atoms with Crippen molar-refractivity contribution in [3.63, 3.8) is 0 Å². The number of methoxy groups -OCH3 is 1. The van der Waals surface area contributed by atoms with E-state index in [0.717, 1.165) is 10.6 Å². The van der Waals surface area contributed by atoms with E-state index in [4.69, 9.17) is 9.47 Å². The molecule has 3 aromatic rings. The third kappa shape index (κ3) is 6.11. The van der Waals surface area contributed by atoms with Gasteiger partial charge in [-0.05, 0) is 61.0 Å². The normalized spacial score (nSPS) is 10.9. The Bertz CT molecular complexity index is 1240. The van der Waals surface area contributed by atoms with Gasteiger partial charge in [-0.3, -0.25) is 9.10 Å². The van der Waals surface area contributed by atoms with Crippen LogP contribution < -0.4 is 14.4 Å². The van der Waals surface area contributed by atoms with Crippen LogP contribution in [0.15, 0.2) is 72.8 Å². The molecule has 0 unspecified atom stereocenters. The Morgan fingerprint density at radius 3 is 2.15 bits per heavy atom. The summed E-state index contributed by atoms with van der Waals surface area (Å²) in [7, 11) is -2.48. The standard InChI is InChI=1S/C24H24N2O6S/c1-17-21(24(28)31-2)10-7-11-22(17)25-23(27)16-26(33(3,29)30)18-12-14-20(15-13-18)32-19-8-5-4-6-9-19/h4-15H,16H2,1-3H3,(H,25,27). The minimum absolute atomic E-state index is 0.310. The molecule has 0 aliphatic heterocycles. The van der Waals surface area contributed by atoms with E-state index >= 15 is 0 Å². The number of carbonyl (C=O) groups excluding carboxylic acids is 2. The molecule has 0 aliphatic rings. The second-order valence-corrected chi connectivity index (χ2v) is 9.10. The second kappa shape index (κ2) is 10.2. The molecule has 1 amide bonds. The van der Waals surface area contributed by atoms with Crippen molar-refractivity contribution >= 4 is 33.3 Å². The molecule has 33 heavy (non-hydrogen) atoms. The first-order valence-corrected chi connectivity index (χ1v) is 11.8. The third-order valence-corrected chi connectivity index (χ3v) is 5.94. The van der Waals surface area contributed by atoms with Crippen LogP contribution in [0, 0.1) is 6.92 Å². The van der Waals surface area contributed by atoms with Crippen molar-refractivity contribution in [2.75, 3.05) is 29.5 Å². The van der Waals surface area contributed by atoms with Gasteiger partial charge in [-0.2, -0.15) is 0 Å². The second-order valence-electron chi connectivity index (χ2n) is 7.20. The first kappa shape index (κ1) is 23.8. The number of nitrogens with zero attached hydrogens (tertiary/aromatic N) is 1. The first-order chi connectivity index (χ1) is 15.7. The first-order valence-electron chi connectivity index (χ1n) is 9.97. The highest BCUT2D eigenvalue weighted by atomic mass is 32.2. The number of nitrogens with one attached hydrogen (secondary N) is 1. The molecule has 0 saturated carbocycles. The lowest BCUT2D eigenvalue weighted by molar-refractivity contribution is -0.114. The van der Waals surface area contributed by atoms with Crippen LogP contribution in [0.5, 0.6) is 11.5 Å².